The molecule has 0 aliphatic carbocycles. The highest BCUT2D eigenvalue weighted by Crippen LogP contribution is 2.16. The van der Waals surface area contributed by atoms with Crippen molar-refractivity contribution in [3.05, 3.63) is 29.8 Å². The highest BCUT2D eigenvalue weighted by atomic mass is 16.6. The van der Waals surface area contributed by atoms with Crippen molar-refractivity contribution in [2.75, 3.05) is 6.61 Å². The molecular formula is C14H20O3. The van der Waals surface area contributed by atoms with Gasteiger partial charge in [0.15, 0.2) is 6.10 Å². The quantitative estimate of drug-likeness (QED) is 0.712. The summed E-state index contributed by atoms with van der Waals surface area (Å²) in [5, 5.41) is 0. The van der Waals surface area contributed by atoms with Gasteiger partial charge in [0.1, 0.15) is 5.75 Å². The number of rotatable bonds is 6. The summed E-state index contributed by atoms with van der Waals surface area (Å²) >= 11 is 0. The molecule has 0 aliphatic rings. The molecule has 3 nitrogen and oxygen atoms in total. The van der Waals surface area contributed by atoms with E-state index in [1.165, 1.54) is 5.56 Å². The number of hydrogen-bond donors (Lipinski definition) is 0. The lowest BCUT2D eigenvalue weighted by Gasteiger charge is -2.17. The van der Waals surface area contributed by atoms with Gasteiger partial charge in [-0.1, -0.05) is 31.0 Å². The van der Waals surface area contributed by atoms with Gasteiger partial charge in [0.25, 0.3) is 0 Å². The van der Waals surface area contributed by atoms with Crippen LogP contribution in [0.3, 0.4) is 0 Å². The number of carbonyl (C=O) groups is 1. The fourth-order valence-electron chi connectivity index (χ4n) is 1.50. The lowest BCUT2D eigenvalue weighted by atomic mass is 10.2. The molecule has 0 N–H and O–H groups in total. The second kappa shape index (κ2) is 6.94. The molecule has 0 aromatic heterocycles. The number of carbonyl (C=O) groups excluding carboxylic acids is 1. The monoisotopic (exact) mass is 236 g/mol. The van der Waals surface area contributed by atoms with Crippen LogP contribution in [0, 0.1) is 6.92 Å². The molecule has 1 aromatic rings. The van der Waals surface area contributed by atoms with Gasteiger partial charge >= 0.3 is 5.97 Å². The minimum Gasteiger partial charge on any atom is -0.479 e. The minimum absolute atomic E-state index is 0.282. The lowest BCUT2D eigenvalue weighted by Crippen LogP contribution is -2.29. The van der Waals surface area contributed by atoms with Crippen molar-refractivity contribution in [3.63, 3.8) is 0 Å². The summed E-state index contributed by atoms with van der Waals surface area (Å²) in [6, 6.07) is 7.67. The van der Waals surface area contributed by atoms with E-state index in [0.717, 1.165) is 6.42 Å². The Morgan fingerprint density at radius 1 is 1.24 bits per heavy atom. The first-order valence-corrected chi connectivity index (χ1v) is 6.07. The smallest absolute Gasteiger partial charge is 0.347 e. The van der Waals surface area contributed by atoms with E-state index in [0.29, 0.717) is 18.8 Å². The fraction of sp³-hybridized carbons (Fsp3) is 0.500. The molecule has 1 rings (SSSR count). The summed E-state index contributed by atoms with van der Waals surface area (Å²) in [6.07, 6.45) is 1.06. The third-order valence-electron chi connectivity index (χ3n) is 2.40. The van der Waals surface area contributed by atoms with Gasteiger partial charge in [-0.3, -0.25) is 0 Å². The molecule has 0 spiro atoms. The van der Waals surface area contributed by atoms with Crippen LogP contribution < -0.4 is 4.74 Å². The Morgan fingerprint density at radius 3 is 2.41 bits per heavy atom. The van der Waals surface area contributed by atoms with E-state index in [1.54, 1.807) is 6.92 Å². The molecule has 0 radical (unpaired) electrons. The molecule has 1 aromatic carbocycles. The maximum atomic E-state index is 11.7. The Bertz CT molecular complexity index is 343. The lowest BCUT2D eigenvalue weighted by molar-refractivity contribution is -0.151. The van der Waals surface area contributed by atoms with E-state index in [-0.39, 0.29) is 5.97 Å². The maximum Gasteiger partial charge on any atom is 0.347 e. The van der Waals surface area contributed by atoms with Crippen LogP contribution in [-0.4, -0.2) is 18.7 Å². The average molecular weight is 236 g/mol. The molecule has 1 atom stereocenters. The largest absolute Gasteiger partial charge is 0.479 e. The normalized spacial score (nSPS) is 11.9. The van der Waals surface area contributed by atoms with Crippen LogP contribution in [0.5, 0.6) is 5.75 Å². The van der Waals surface area contributed by atoms with E-state index < -0.39 is 6.10 Å². The van der Waals surface area contributed by atoms with Crippen LogP contribution in [0.1, 0.15) is 32.3 Å². The Balaban J connectivity index is 2.65. The minimum atomic E-state index is -0.498. The summed E-state index contributed by atoms with van der Waals surface area (Å²) in [6.45, 7) is 6.21. The fourth-order valence-corrected chi connectivity index (χ4v) is 1.50. The molecule has 94 valence electrons. The van der Waals surface area contributed by atoms with Gasteiger partial charge in [0.2, 0.25) is 0 Å². The molecule has 0 bridgehead atoms. The highest BCUT2D eigenvalue weighted by Gasteiger charge is 2.20. The summed E-state index contributed by atoms with van der Waals surface area (Å²) in [7, 11) is 0. The van der Waals surface area contributed by atoms with Crippen LogP contribution in [-0.2, 0) is 9.53 Å². The number of benzene rings is 1. The third kappa shape index (κ3) is 4.47. The van der Waals surface area contributed by atoms with Crippen molar-refractivity contribution in [3.8, 4) is 5.75 Å². The Kier molecular flexibility index (Phi) is 5.53. The second-order valence-electron chi connectivity index (χ2n) is 3.96. The second-order valence-corrected chi connectivity index (χ2v) is 3.96. The molecule has 1 unspecified atom stereocenters. The van der Waals surface area contributed by atoms with Gasteiger partial charge in [-0.25, -0.2) is 4.79 Å². The average Bonchev–Trinajstić information content (AvgIpc) is 2.31. The van der Waals surface area contributed by atoms with Gasteiger partial charge in [-0.15, -0.1) is 0 Å². The number of aryl methyl sites for hydroxylation is 1. The van der Waals surface area contributed by atoms with E-state index >= 15 is 0 Å². The molecule has 0 amide bonds. The zero-order valence-electron chi connectivity index (χ0n) is 10.7. The van der Waals surface area contributed by atoms with E-state index in [9.17, 15) is 4.79 Å². The first-order chi connectivity index (χ1) is 8.17. The molecule has 0 fully saturated rings. The number of esters is 1. The summed E-state index contributed by atoms with van der Waals surface area (Å²) in [4.78, 5) is 11.7. The van der Waals surface area contributed by atoms with Gasteiger partial charge in [-0.2, -0.15) is 0 Å². The van der Waals surface area contributed by atoms with Gasteiger partial charge in [0, 0.05) is 0 Å². The zero-order chi connectivity index (χ0) is 12.7. The highest BCUT2D eigenvalue weighted by molar-refractivity contribution is 5.75. The number of ether oxygens (including phenoxy) is 2. The molecular weight excluding hydrogens is 216 g/mol. The van der Waals surface area contributed by atoms with Crippen LogP contribution >= 0.6 is 0 Å². The summed E-state index contributed by atoms with van der Waals surface area (Å²) < 4.78 is 10.6. The van der Waals surface area contributed by atoms with Crippen LogP contribution in [0.4, 0.5) is 0 Å². The maximum absolute atomic E-state index is 11.7. The molecule has 0 heterocycles. The van der Waals surface area contributed by atoms with Crippen LogP contribution in [0.15, 0.2) is 24.3 Å². The van der Waals surface area contributed by atoms with Crippen molar-refractivity contribution in [1.82, 2.24) is 0 Å². The van der Waals surface area contributed by atoms with Crippen LogP contribution in [0.2, 0.25) is 0 Å². The van der Waals surface area contributed by atoms with E-state index in [1.807, 2.05) is 38.1 Å². The standard InChI is InChI=1S/C14H20O3/c1-4-6-13(14(15)16-5-2)17-12-9-7-11(3)8-10-12/h7-10,13H,4-6H2,1-3H3. The van der Waals surface area contributed by atoms with Crippen molar-refractivity contribution in [2.24, 2.45) is 0 Å². The first kappa shape index (κ1) is 13.6. The van der Waals surface area contributed by atoms with Crippen molar-refractivity contribution < 1.29 is 14.3 Å². The Labute approximate surface area is 103 Å². The van der Waals surface area contributed by atoms with E-state index in [2.05, 4.69) is 0 Å². The topological polar surface area (TPSA) is 35.5 Å². The first-order valence-electron chi connectivity index (χ1n) is 6.07. The molecule has 0 saturated carbocycles. The predicted octanol–water partition coefficient (Wildman–Crippen LogP) is 3.11. The Hall–Kier alpha value is -1.51. The summed E-state index contributed by atoms with van der Waals surface area (Å²) in [5.74, 6) is 0.428. The number of hydrogen-bond acceptors (Lipinski definition) is 3. The van der Waals surface area contributed by atoms with Crippen molar-refractivity contribution in [1.29, 1.82) is 0 Å². The van der Waals surface area contributed by atoms with Crippen molar-refractivity contribution >= 4 is 5.97 Å². The van der Waals surface area contributed by atoms with Gasteiger partial charge in [0.05, 0.1) is 6.61 Å². The van der Waals surface area contributed by atoms with Crippen molar-refractivity contribution in [2.45, 2.75) is 39.7 Å². The van der Waals surface area contributed by atoms with E-state index in [4.69, 9.17) is 9.47 Å². The molecule has 17 heavy (non-hydrogen) atoms. The van der Waals surface area contributed by atoms with Crippen LogP contribution in [0.25, 0.3) is 0 Å². The molecule has 3 heteroatoms. The predicted molar refractivity (Wildman–Crippen MR) is 67.1 cm³/mol. The third-order valence-corrected chi connectivity index (χ3v) is 2.40. The SMILES string of the molecule is CCCC(Oc1ccc(C)cc1)C(=O)OCC. The Morgan fingerprint density at radius 2 is 1.88 bits per heavy atom. The summed E-state index contributed by atoms with van der Waals surface area (Å²) in [5.41, 5.74) is 1.17. The zero-order valence-corrected chi connectivity index (χ0v) is 10.7. The molecule has 0 aliphatic heterocycles. The molecule has 0 saturated heterocycles. The van der Waals surface area contributed by atoms with Gasteiger partial charge in [-0.05, 0) is 32.4 Å². The van der Waals surface area contributed by atoms with Gasteiger partial charge < -0.3 is 9.47 Å².